The van der Waals surface area contributed by atoms with Crippen LogP contribution in [0.5, 0.6) is 0 Å². The van der Waals surface area contributed by atoms with Gasteiger partial charge in [-0.3, -0.25) is 4.98 Å². The van der Waals surface area contributed by atoms with Gasteiger partial charge < -0.3 is 11.1 Å². The molecular weight excluding hydrogens is 303 g/mol. The van der Waals surface area contributed by atoms with Gasteiger partial charge >= 0.3 is 0 Å². The van der Waals surface area contributed by atoms with Crippen LogP contribution in [0.2, 0.25) is 0 Å². The maximum atomic E-state index is 5.52. The molecule has 0 spiro atoms. The van der Waals surface area contributed by atoms with Crippen LogP contribution in [-0.4, -0.2) is 9.97 Å². The van der Waals surface area contributed by atoms with Gasteiger partial charge in [0.15, 0.2) is 5.82 Å². The van der Waals surface area contributed by atoms with Gasteiger partial charge in [-0.05, 0) is 46.9 Å². The van der Waals surface area contributed by atoms with Gasteiger partial charge in [0.25, 0.3) is 0 Å². The molecule has 0 atom stereocenters. The Morgan fingerprint density at radius 3 is 2.53 bits per heavy atom. The molecule has 4 nitrogen and oxygen atoms in total. The monoisotopic (exact) mass is 312 g/mol. The van der Waals surface area contributed by atoms with E-state index in [1.807, 2.05) is 24.3 Å². The summed E-state index contributed by atoms with van der Waals surface area (Å²) in [6.45, 7) is 0. The molecule has 0 aliphatic carbocycles. The molecule has 0 saturated carbocycles. The molecule has 0 aliphatic rings. The zero-order chi connectivity index (χ0) is 10.7. The average molecular weight is 312 g/mol. The number of nitrogens with one attached hydrogen (secondary N) is 1. The number of hydrogen-bond donors (Lipinski definition) is 2. The molecule has 0 amide bonds. The van der Waals surface area contributed by atoms with Crippen LogP contribution >= 0.6 is 22.6 Å². The summed E-state index contributed by atoms with van der Waals surface area (Å²) in [5.74, 6) is 1.06. The lowest BCUT2D eigenvalue weighted by atomic mass is 10.3. The van der Waals surface area contributed by atoms with Crippen LogP contribution < -0.4 is 11.1 Å². The lowest BCUT2D eigenvalue weighted by Crippen LogP contribution is -1.97. The van der Waals surface area contributed by atoms with Crippen LogP contribution in [0.3, 0.4) is 0 Å². The molecule has 2 aromatic rings. The second-order valence-electron chi connectivity index (χ2n) is 2.96. The Labute approximate surface area is 101 Å². The van der Waals surface area contributed by atoms with E-state index in [2.05, 4.69) is 37.9 Å². The standard InChI is InChI=1S/C10H9IN4/c11-7-1-3-8(4-2-7)14-10-6-13-5-9(12)15-10/h1-6H,(H3,12,14,15). The van der Waals surface area contributed by atoms with Crippen molar-refractivity contribution >= 4 is 39.9 Å². The minimum absolute atomic E-state index is 0.408. The normalized spacial score (nSPS) is 9.93. The topological polar surface area (TPSA) is 63.8 Å². The van der Waals surface area contributed by atoms with E-state index in [0.29, 0.717) is 11.6 Å². The largest absolute Gasteiger partial charge is 0.382 e. The number of hydrogen-bond acceptors (Lipinski definition) is 4. The number of nitrogen functional groups attached to an aromatic ring is 1. The molecule has 0 unspecified atom stereocenters. The Hall–Kier alpha value is -1.37. The fraction of sp³-hybridized carbons (Fsp3) is 0. The molecule has 0 radical (unpaired) electrons. The third-order valence-corrected chi connectivity index (χ3v) is 2.49. The van der Waals surface area contributed by atoms with Gasteiger partial charge in [-0.2, -0.15) is 0 Å². The maximum Gasteiger partial charge on any atom is 0.151 e. The van der Waals surface area contributed by atoms with Crippen molar-refractivity contribution in [2.75, 3.05) is 11.1 Å². The Balaban J connectivity index is 2.18. The van der Waals surface area contributed by atoms with E-state index in [1.54, 1.807) is 6.20 Å². The fourth-order valence-corrected chi connectivity index (χ4v) is 1.48. The lowest BCUT2D eigenvalue weighted by molar-refractivity contribution is 1.21. The lowest BCUT2D eigenvalue weighted by Gasteiger charge is -2.05. The number of nitrogens with zero attached hydrogens (tertiary/aromatic N) is 2. The molecule has 0 aliphatic heterocycles. The van der Waals surface area contributed by atoms with E-state index >= 15 is 0 Å². The van der Waals surface area contributed by atoms with Gasteiger partial charge in [0.1, 0.15) is 5.82 Å². The highest BCUT2D eigenvalue weighted by molar-refractivity contribution is 14.1. The van der Waals surface area contributed by atoms with E-state index in [4.69, 9.17) is 5.73 Å². The molecule has 15 heavy (non-hydrogen) atoms. The molecule has 0 saturated heterocycles. The molecule has 0 bridgehead atoms. The number of benzene rings is 1. The van der Waals surface area contributed by atoms with Crippen LogP contribution in [0.15, 0.2) is 36.7 Å². The van der Waals surface area contributed by atoms with Crippen molar-refractivity contribution in [1.82, 2.24) is 9.97 Å². The van der Waals surface area contributed by atoms with E-state index in [-0.39, 0.29) is 0 Å². The molecule has 2 rings (SSSR count). The smallest absolute Gasteiger partial charge is 0.151 e. The minimum atomic E-state index is 0.408. The Morgan fingerprint density at radius 2 is 1.87 bits per heavy atom. The number of aromatic nitrogens is 2. The molecule has 3 N–H and O–H groups in total. The van der Waals surface area contributed by atoms with Gasteiger partial charge in [-0.25, -0.2) is 4.98 Å². The first-order chi connectivity index (χ1) is 7.24. The summed E-state index contributed by atoms with van der Waals surface area (Å²) < 4.78 is 1.19. The first-order valence-electron chi connectivity index (χ1n) is 4.34. The van der Waals surface area contributed by atoms with E-state index in [9.17, 15) is 0 Å². The minimum Gasteiger partial charge on any atom is -0.382 e. The van der Waals surface area contributed by atoms with Crippen LogP contribution in [-0.2, 0) is 0 Å². The first kappa shape index (κ1) is 10.2. The first-order valence-corrected chi connectivity index (χ1v) is 5.42. The van der Waals surface area contributed by atoms with Crippen molar-refractivity contribution in [1.29, 1.82) is 0 Å². The zero-order valence-electron chi connectivity index (χ0n) is 7.81. The van der Waals surface area contributed by atoms with E-state index in [1.165, 1.54) is 9.77 Å². The Kier molecular flexibility index (Phi) is 3.00. The summed E-state index contributed by atoms with van der Waals surface area (Å²) in [4.78, 5) is 8.04. The highest BCUT2D eigenvalue weighted by Gasteiger charge is 1.96. The summed E-state index contributed by atoms with van der Waals surface area (Å²) in [7, 11) is 0. The van der Waals surface area contributed by atoms with Gasteiger partial charge in [-0.1, -0.05) is 0 Å². The number of rotatable bonds is 2. The zero-order valence-corrected chi connectivity index (χ0v) is 9.97. The molecule has 0 fully saturated rings. The number of halogens is 1. The van der Waals surface area contributed by atoms with Gasteiger partial charge in [0.2, 0.25) is 0 Å². The summed E-state index contributed by atoms with van der Waals surface area (Å²) >= 11 is 2.26. The third-order valence-electron chi connectivity index (χ3n) is 1.77. The van der Waals surface area contributed by atoms with Crippen molar-refractivity contribution in [2.24, 2.45) is 0 Å². The average Bonchev–Trinajstić information content (AvgIpc) is 2.22. The highest BCUT2D eigenvalue weighted by Crippen LogP contribution is 2.15. The van der Waals surface area contributed by atoms with E-state index < -0.39 is 0 Å². The van der Waals surface area contributed by atoms with Crippen molar-refractivity contribution in [3.8, 4) is 0 Å². The van der Waals surface area contributed by atoms with Crippen molar-refractivity contribution < 1.29 is 0 Å². The van der Waals surface area contributed by atoms with Crippen LogP contribution in [0.4, 0.5) is 17.3 Å². The summed E-state index contributed by atoms with van der Waals surface area (Å²) in [6, 6.07) is 7.99. The summed E-state index contributed by atoms with van der Waals surface area (Å²) in [5, 5.41) is 3.12. The Bertz CT molecular complexity index is 455. The molecule has 1 aromatic carbocycles. The molecule has 5 heteroatoms. The molecular formula is C10H9IN4. The predicted octanol–water partition coefficient (Wildman–Crippen LogP) is 2.41. The second kappa shape index (κ2) is 4.43. The molecule has 1 heterocycles. The Morgan fingerprint density at radius 1 is 1.13 bits per heavy atom. The second-order valence-corrected chi connectivity index (χ2v) is 4.21. The van der Waals surface area contributed by atoms with Crippen LogP contribution in [0.1, 0.15) is 0 Å². The number of anilines is 3. The fourth-order valence-electron chi connectivity index (χ4n) is 1.12. The van der Waals surface area contributed by atoms with Crippen LogP contribution in [0.25, 0.3) is 0 Å². The highest BCUT2D eigenvalue weighted by atomic mass is 127. The van der Waals surface area contributed by atoms with Crippen molar-refractivity contribution in [3.05, 3.63) is 40.2 Å². The van der Waals surface area contributed by atoms with Crippen molar-refractivity contribution in [2.45, 2.75) is 0 Å². The molecule has 1 aromatic heterocycles. The quantitative estimate of drug-likeness (QED) is 0.836. The SMILES string of the molecule is Nc1cncc(Nc2ccc(I)cc2)n1. The van der Waals surface area contributed by atoms with Crippen LogP contribution in [0, 0.1) is 3.57 Å². The predicted molar refractivity (Wildman–Crippen MR) is 68.9 cm³/mol. The van der Waals surface area contributed by atoms with Gasteiger partial charge in [0.05, 0.1) is 12.4 Å². The maximum absolute atomic E-state index is 5.52. The van der Waals surface area contributed by atoms with Gasteiger partial charge in [0, 0.05) is 9.26 Å². The summed E-state index contributed by atoms with van der Waals surface area (Å²) in [5.41, 5.74) is 6.49. The van der Waals surface area contributed by atoms with Crippen molar-refractivity contribution in [3.63, 3.8) is 0 Å². The van der Waals surface area contributed by atoms with Gasteiger partial charge in [-0.15, -0.1) is 0 Å². The third kappa shape index (κ3) is 2.79. The number of nitrogens with two attached hydrogens (primary N) is 1. The molecule has 76 valence electrons. The van der Waals surface area contributed by atoms with E-state index in [0.717, 1.165) is 5.69 Å². The summed E-state index contributed by atoms with van der Waals surface area (Å²) in [6.07, 6.45) is 3.15.